The van der Waals surface area contributed by atoms with Crippen LogP contribution in [0, 0.1) is 6.92 Å². The van der Waals surface area contributed by atoms with Crippen LogP contribution in [-0.4, -0.2) is 86.2 Å². The number of piperidine rings is 1. The third-order valence-corrected chi connectivity index (χ3v) is 7.80. The van der Waals surface area contributed by atoms with Gasteiger partial charge in [0, 0.05) is 60.0 Å². The van der Waals surface area contributed by atoms with E-state index in [0.717, 1.165) is 10.6 Å². The summed E-state index contributed by atoms with van der Waals surface area (Å²) in [6.07, 6.45) is -0.862. The van der Waals surface area contributed by atoms with E-state index in [2.05, 4.69) is 10.3 Å². The Balaban J connectivity index is 1.33. The molecule has 5 rings (SSSR count). The molecule has 10 nitrogen and oxygen atoms in total. The molecule has 0 spiro atoms. The minimum atomic E-state index is -2.95. The van der Waals surface area contributed by atoms with E-state index < -0.39 is 48.6 Å². The minimum absolute atomic E-state index is 0.0102. The molecular weight excluding hydrogens is 553 g/mol. The number of fused-ring (bicyclic) bond motifs is 1. The van der Waals surface area contributed by atoms with Crippen molar-refractivity contribution in [2.45, 2.75) is 63.4 Å². The van der Waals surface area contributed by atoms with Crippen LogP contribution in [0.4, 0.5) is 23.7 Å². The van der Waals surface area contributed by atoms with Crippen LogP contribution in [0.5, 0.6) is 0 Å². The normalized spacial score (nSPS) is 21.0. The van der Waals surface area contributed by atoms with E-state index in [0.29, 0.717) is 16.6 Å². The number of pyridine rings is 1. The van der Waals surface area contributed by atoms with Gasteiger partial charge in [0.1, 0.15) is 12.7 Å². The maximum atomic E-state index is 14.5. The van der Waals surface area contributed by atoms with Crippen LogP contribution in [0.15, 0.2) is 42.6 Å². The highest BCUT2D eigenvalue weighted by Crippen LogP contribution is 2.30. The summed E-state index contributed by atoms with van der Waals surface area (Å²) >= 11 is 0. The summed E-state index contributed by atoms with van der Waals surface area (Å²) in [6.45, 7) is 0.918. The van der Waals surface area contributed by atoms with E-state index in [1.807, 2.05) is 19.1 Å². The first kappa shape index (κ1) is 29.4. The van der Waals surface area contributed by atoms with Gasteiger partial charge in [-0.2, -0.15) is 0 Å². The second-order valence-corrected chi connectivity index (χ2v) is 11.1. The van der Waals surface area contributed by atoms with Gasteiger partial charge in [-0.15, -0.1) is 0 Å². The maximum Gasteiger partial charge on any atom is 0.322 e. The fraction of sp³-hybridized carbons (Fsp3) is 0.448. The average molecular weight is 587 g/mol. The molecule has 4 N–H and O–H groups in total. The number of urea groups is 1. The Morgan fingerprint density at radius 3 is 2.74 bits per heavy atom. The molecule has 0 saturated carbocycles. The topological polar surface area (TPSA) is 134 Å². The molecule has 0 aliphatic carbocycles. The molecule has 3 aromatic rings. The first-order valence-electron chi connectivity index (χ1n) is 13.8. The van der Waals surface area contributed by atoms with Gasteiger partial charge in [0.05, 0.1) is 30.8 Å². The number of anilines is 1. The van der Waals surface area contributed by atoms with Crippen molar-refractivity contribution in [1.82, 2.24) is 19.4 Å². The van der Waals surface area contributed by atoms with Crippen molar-refractivity contribution in [2.75, 3.05) is 25.0 Å². The van der Waals surface area contributed by atoms with E-state index >= 15 is 0 Å². The van der Waals surface area contributed by atoms with Gasteiger partial charge in [-0.1, -0.05) is 6.07 Å². The van der Waals surface area contributed by atoms with Crippen LogP contribution < -0.4 is 11.1 Å². The molecule has 2 aliphatic heterocycles. The molecule has 2 aliphatic rings. The zero-order chi connectivity index (χ0) is 30.2. The molecule has 4 heterocycles. The number of hydrogen-bond acceptors (Lipinski definition) is 5. The van der Waals surface area contributed by atoms with E-state index in [-0.39, 0.29) is 56.6 Å². The van der Waals surface area contributed by atoms with E-state index in [1.165, 1.54) is 27.8 Å². The number of aromatic nitrogens is 2. The summed E-state index contributed by atoms with van der Waals surface area (Å²) in [7, 11) is 0. The van der Waals surface area contributed by atoms with E-state index in [9.17, 15) is 32.7 Å². The fourth-order valence-corrected chi connectivity index (χ4v) is 5.81. The largest absolute Gasteiger partial charge is 0.391 e. The number of halogens is 3. The maximum absolute atomic E-state index is 14.5. The summed E-state index contributed by atoms with van der Waals surface area (Å²) in [5.74, 6) is -4.17. The van der Waals surface area contributed by atoms with Gasteiger partial charge in [-0.3, -0.25) is 14.6 Å². The lowest BCUT2D eigenvalue weighted by molar-refractivity contribution is -0.134. The number of primary amides is 1. The Hall–Kier alpha value is -4.13. The first-order valence-corrected chi connectivity index (χ1v) is 13.8. The van der Waals surface area contributed by atoms with Crippen molar-refractivity contribution in [1.29, 1.82) is 0 Å². The molecule has 3 atom stereocenters. The van der Waals surface area contributed by atoms with Gasteiger partial charge in [-0.25, -0.2) is 18.0 Å². The molecule has 42 heavy (non-hydrogen) atoms. The number of nitrogens with two attached hydrogens (primary N) is 1. The zero-order valence-electron chi connectivity index (χ0n) is 23.1. The quantitative estimate of drug-likeness (QED) is 0.391. The van der Waals surface area contributed by atoms with Gasteiger partial charge in [0.15, 0.2) is 0 Å². The lowest BCUT2D eigenvalue weighted by Crippen LogP contribution is -2.47. The van der Waals surface area contributed by atoms with Crippen LogP contribution in [-0.2, 0) is 17.8 Å². The van der Waals surface area contributed by atoms with Crippen molar-refractivity contribution >= 4 is 34.4 Å². The van der Waals surface area contributed by atoms with Crippen LogP contribution >= 0.6 is 0 Å². The van der Waals surface area contributed by atoms with Crippen LogP contribution in [0.2, 0.25) is 0 Å². The van der Waals surface area contributed by atoms with Crippen LogP contribution in [0.3, 0.4) is 0 Å². The Bertz CT molecular complexity index is 1510. The SMILES string of the molecule is Cc1cccc(CC(O)C2C[C@@H](F)CN2C(=O)Cn2cc(C(N)=O)c3cc(NC(=O)N4CCCC(F)(F)C4)ccc32)n1. The van der Waals surface area contributed by atoms with Gasteiger partial charge in [-0.05, 0) is 43.7 Å². The summed E-state index contributed by atoms with van der Waals surface area (Å²) in [6, 6.07) is 8.56. The second-order valence-electron chi connectivity index (χ2n) is 11.1. The molecular formula is C29H33F3N6O4. The van der Waals surface area contributed by atoms with E-state index in [1.54, 1.807) is 12.1 Å². The number of carbonyl (C=O) groups is 3. The predicted molar refractivity (Wildman–Crippen MR) is 149 cm³/mol. The Morgan fingerprint density at radius 2 is 2.02 bits per heavy atom. The number of hydrogen-bond donors (Lipinski definition) is 3. The number of likely N-dealkylation sites (tertiary alicyclic amines) is 2. The number of alkyl halides is 3. The predicted octanol–water partition coefficient (Wildman–Crippen LogP) is 3.25. The molecule has 2 aromatic heterocycles. The van der Waals surface area contributed by atoms with Crippen LogP contribution in [0.1, 0.15) is 41.0 Å². The van der Waals surface area contributed by atoms with Crippen molar-refractivity contribution in [2.24, 2.45) is 5.73 Å². The summed E-state index contributed by atoms with van der Waals surface area (Å²) < 4.78 is 43.6. The third kappa shape index (κ3) is 6.35. The second kappa shape index (κ2) is 11.6. The number of nitrogens with zero attached hydrogens (tertiary/aromatic N) is 4. The molecule has 13 heteroatoms. The smallest absolute Gasteiger partial charge is 0.322 e. The van der Waals surface area contributed by atoms with Crippen molar-refractivity contribution in [3.63, 3.8) is 0 Å². The highest BCUT2D eigenvalue weighted by Gasteiger charge is 2.40. The number of nitrogens with one attached hydrogen (secondary N) is 1. The van der Waals surface area contributed by atoms with Crippen molar-refractivity contribution in [3.05, 3.63) is 59.5 Å². The number of carbonyl (C=O) groups excluding carboxylic acids is 3. The number of aryl methyl sites for hydroxylation is 1. The standard InChI is InChI=1S/C29H33F3N6O4/c1-17-4-2-5-19(34-17)12-25(39)24-10-18(30)13-38(24)26(40)15-37-14-22(27(33)41)21-11-20(6-7-23(21)37)35-28(42)36-9-3-8-29(31,32)16-36/h2,4-7,11,14,18,24-25,39H,3,8-10,12-13,15-16H2,1H3,(H2,33,41)(H,35,42)/t18-,24?,25?/m1/s1. The number of amides is 4. The molecule has 2 saturated heterocycles. The van der Waals surface area contributed by atoms with Crippen LogP contribution in [0.25, 0.3) is 10.9 Å². The number of aliphatic hydroxyl groups excluding tert-OH is 1. The average Bonchev–Trinajstić information content (AvgIpc) is 3.48. The number of aliphatic hydroxyl groups is 1. The first-order chi connectivity index (χ1) is 19.9. The minimum Gasteiger partial charge on any atom is -0.391 e. The third-order valence-electron chi connectivity index (χ3n) is 7.80. The molecule has 1 aromatic carbocycles. The molecule has 2 unspecified atom stereocenters. The van der Waals surface area contributed by atoms with Gasteiger partial charge < -0.3 is 30.5 Å². The van der Waals surface area contributed by atoms with Gasteiger partial charge in [0.25, 0.3) is 11.8 Å². The Kier molecular flexibility index (Phi) is 8.13. The summed E-state index contributed by atoms with van der Waals surface area (Å²) in [5.41, 5.74) is 7.82. The van der Waals surface area contributed by atoms with Gasteiger partial charge >= 0.3 is 6.03 Å². The van der Waals surface area contributed by atoms with Crippen molar-refractivity contribution < 1.29 is 32.7 Å². The monoisotopic (exact) mass is 586 g/mol. The lowest BCUT2D eigenvalue weighted by Gasteiger charge is -2.32. The molecule has 0 radical (unpaired) electrons. The molecule has 0 bridgehead atoms. The number of rotatable bonds is 7. The zero-order valence-corrected chi connectivity index (χ0v) is 23.1. The number of benzene rings is 1. The molecule has 224 valence electrons. The van der Waals surface area contributed by atoms with Gasteiger partial charge in [0.2, 0.25) is 5.91 Å². The van der Waals surface area contributed by atoms with Crippen molar-refractivity contribution in [3.8, 4) is 0 Å². The highest BCUT2D eigenvalue weighted by atomic mass is 19.3. The highest BCUT2D eigenvalue weighted by molar-refractivity contribution is 6.08. The Labute approximate surface area is 240 Å². The molecule has 2 fully saturated rings. The summed E-state index contributed by atoms with van der Waals surface area (Å²) in [5, 5.41) is 13.9. The lowest BCUT2D eigenvalue weighted by atomic mass is 10.0. The fourth-order valence-electron chi connectivity index (χ4n) is 5.81. The van der Waals surface area contributed by atoms with E-state index in [4.69, 9.17) is 5.73 Å². The molecule has 4 amide bonds. The summed E-state index contributed by atoms with van der Waals surface area (Å²) in [4.78, 5) is 45.0. The Morgan fingerprint density at radius 1 is 1.24 bits per heavy atom.